The molecule has 4 rings (SSSR count). The molecule has 1 aliphatic heterocycles. The zero-order valence-electron chi connectivity index (χ0n) is 15.3. The fourth-order valence-corrected chi connectivity index (χ4v) is 3.56. The molecule has 1 aliphatic rings. The van der Waals surface area contributed by atoms with Gasteiger partial charge in [0.1, 0.15) is 6.04 Å². The molecular weight excluding hydrogens is 362 g/mol. The van der Waals surface area contributed by atoms with Gasteiger partial charge >= 0.3 is 0 Å². The van der Waals surface area contributed by atoms with Gasteiger partial charge in [-0.05, 0) is 49.1 Å². The Labute approximate surface area is 163 Å². The Hall–Kier alpha value is -2.66. The van der Waals surface area contributed by atoms with Crippen molar-refractivity contribution in [3.8, 4) is 11.4 Å². The van der Waals surface area contributed by atoms with Gasteiger partial charge in [0.15, 0.2) is 0 Å². The summed E-state index contributed by atoms with van der Waals surface area (Å²) in [5.74, 6) is 1.09. The summed E-state index contributed by atoms with van der Waals surface area (Å²) < 4.78 is 5.53. The fraction of sp³-hybridized carbons (Fsp3) is 0.286. The highest BCUT2D eigenvalue weighted by atomic mass is 35.5. The van der Waals surface area contributed by atoms with Gasteiger partial charge in [-0.15, -0.1) is 0 Å². The summed E-state index contributed by atoms with van der Waals surface area (Å²) in [6.45, 7) is 4.56. The zero-order chi connectivity index (χ0) is 19.0. The standard InChI is InChI=1S/C21H20ClN3O2/c1-13-7-8-15(11-14(13)2)20-23-21(27-24-20)18-9-10-19(26)25(18)12-16-5-3-4-6-17(16)22/h3-8,11,18H,9-10,12H2,1-2H3. The predicted molar refractivity (Wildman–Crippen MR) is 103 cm³/mol. The number of likely N-dealkylation sites (tertiary alicyclic amines) is 1. The number of benzene rings is 2. The number of hydrogen-bond donors (Lipinski definition) is 0. The minimum absolute atomic E-state index is 0.0749. The predicted octanol–water partition coefficient (Wildman–Crippen LogP) is 4.87. The van der Waals surface area contributed by atoms with Crippen LogP contribution in [0.5, 0.6) is 0 Å². The minimum Gasteiger partial charge on any atom is -0.337 e. The third kappa shape index (κ3) is 3.47. The lowest BCUT2D eigenvalue weighted by Crippen LogP contribution is -2.27. The van der Waals surface area contributed by atoms with E-state index in [4.69, 9.17) is 16.1 Å². The summed E-state index contributed by atoms with van der Waals surface area (Å²) >= 11 is 6.27. The maximum atomic E-state index is 12.4. The van der Waals surface area contributed by atoms with Crippen molar-refractivity contribution >= 4 is 17.5 Å². The highest BCUT2D eigenvalue weighted by Gasteiger charge is 2.36. The number of aromatic nitrogens is 2. The normalized spacial score (nSPS) is 16.9. The van der Waals surface area contributed by atoms with Crippen LogP contribution in [0.25, 0.3) is 11.4 Å². The Kier molecular flexibility index (Phi) is 4.70. The van der Waals surface area contributed by atoms with E-state index in [0.29, 0.717) is 36.1 Å². The SMILES string of the molecule is Cc1ccc(-c2noc(C3CCC(=O)N3Cc3ccccc3Cl)n2)cc1C. The Morgan fingerprint density at radius 2 is 2.00 bits per heavy atom. The maximum absolute atomic E-state index is 12.4. The van der Waals surface area contributed by atoms with Crippen molar-refractivity contribution in [2.45, 2.75) is 39.3 Å². The first-order valence-corrected chi connectivity index (χ1v) is 9.35. The highest BCUT2D eigenvalue weighted by molar-refractivity contribution is 6.31. The molecule has 0 spiro atoms. The summed E-state index contributed by atoms with van der Waals surface area (Å²) in [7, 11) is 0. The molecule has 3 aromatic rings. The molecule has 0 saturated carbocycles. The molecule has 0 aliphatic carbocycles. The quantitative estimate of drug-likeness (QED) is 0.646. The number of rotatable bonds is 4. The number of amides is 1. The molecule has 1 unspecified atom stereocenters. The van der Waals surface area contributed by atoms with Gasteiger partial charge in [-0.2, -0.15) is 4.98 Å². The van der Waals surface area contributed by atoms with E-state index in [2.05, 4.69) is 24.0 Å². The van der Waals surface area contributed by atoms with Crippen LogP contribution in [-0.2, 0) is 11.3 Å². The third-order valence-corrected chi connectivity index (χ3v) is 5.49. The van der Waals surface area contributed by atoms with Crippen LogP contribution in [0, 0.1) is 13.8 Å². The first-order chi connectivity index (χ1) is 13.0. The van der Waals surface area contributed by atoms with Crippen molar-refractivity contribution in [3.63, 3.8) is 0 Å². The van der Waals surface area contributed by atoms with E-state index in [9.17, 15) is 4.79 Å². The highest BCUT2D eigenvalue weighted by Crippen LogP contribution is 2.35. The number of halogens is 1. The van der Waals surface area contributed by atoms with E-state index < -0.39 is 0 Å². The number of nitrogens with zero attached hydrogens (tertiary/aromatic N) is 3. The van der Waals surface area contributed by atoms with Crippen LogP contribution in [0.1, 0.15) is 41.5 Å². The van der Waals surface area contributed by atoms with Crippen molar-refractivity contribution in [2.75, 3.05) is 0 Å². The molecule has 27 heavy (non-hydrogen) atoms. The summed E-state index contributed by atoms with van der Waals surface area (Å²) in [6, 6.07) is 13.4. The van der Waals surface area contributed by atoms with Crippen molar-refractivity contribution in [1.29, 1.82) is 0 Å². The third-order valence-electron chi connectivity index (χ3n) is 5.12. The average Bonchev–Trinajstić information content (AvgIpc) is 3.27. The van der Waals surface area contributed by atoms with E-state index in [1.165, 1.54) is 11.1 Å². The molecule has 2 aromatic carbocycles. The molecule has 0 bridgehead atoms. The molecule has 5 nitrogen and oxygen atoms in total. The Bertz CT molecular complexity index is 999. The van der Waals surface area contributed by atoms with Crippen molar-refractivity contribution in [1.82, 2.24) is 15.0 Å². The van der Waals surface area contributed by atoms with Crippen molar-refractivity contribution in [3.05, 3.63) is 70.1 Å². The maximum Gasteiger partial charge on any atom is 0.249 e. The molecule has 1 amide bonds. The van der Waals surface area contributed by atoms with Crippen LogP contribution in [0.2, 0.25) is 5.02 Å². The Balaban J connectivity index is 1.60. The molecule has 138 valence electrons. The molecule has 1 aromatic heterocycles. The first kappa shape index (κ1) is 17.7. The van der Waals surface area contributed by atoms with Crippen molar-refractivity contribution < 1.29 is 9.32 Å². The van der Waals surface area contributed by atoms with E-state index in [1.54, 1.807) is 4.90 Å². The van der Waals surface area contributed by atoms with E-state index >= 15 is 0 Å². The zero-order valence-corrected chi connectivity index (χ0v) is 16.0. The summed E-state index contributed by atoms with van der Waals surface area (Å²) in [4.78, 5) is 18.8. The number of aryl methyl sites for hydroxylation is 2. The second kappa shape index (κ2) is 7.16. The van der Waals surface area contributed by atoms with Gasteiger partial charge in [-0.25, -0.2) is 0 Å². The average molecular weight is 382 g/mol. The van der Waals surface area contributed by atoms with E-state index in [1.807, 2.05) is 42.5 Å². The lowest BCUT2D eigenvalue weighted by molar-refractivity contribution is -0.129. The van der Waals surface area contributed by atoms with Crippen LogP contribution in [0.4, 0.5) is 0 Å². The van der Waals surface area contributed by atoms with Crippen LogP contribution in [0.3, 0.4) is 0 Å². The van der Waals surface area contributed by atoms with Crippen LogP contribution in [0.15, 0.2) is 47.0 Å². The Morgan fingerprint density at radius 3 is 2.78 bits per heavy atom. The fourth-order valence-electron chi connectivity index (χ4n) is 3.37. The summed E-state index contributed by atoms with van der Waals surface area (Å²) in [5, 5.41) is 4.79. The second-order valence-corrected chi connectivity index (χ2v) is 7.33. The van der Waals surface area contributed by atoms with Gasteiger partial charge in [-0.3, -0.25) is 4.79 Å². The van der Waals surface area contributed by atoms with Gasteiger partial charge in [0.2, 0.25) is 17.6 Å². The smallest absolute Gasteiger partial charge is 0.249 e. The largest absolute Gasteiger partial charge is 0.337 e. The molecule has 1 saturated heterocycles. The molecular formula is C21H20ClN3O2. The number of carbonyl (C=O) groups is 1. The van der Waals surface area contributed by atoms with Gasteiger partial charge in [0, 0.05) is 23.6 Å². The Morgan fingerprint density at radius 1 is 1.19 bits per heavy atom. The van der Waals surface area contributed by atoms with Crippen LogP contribution < -0.4 is 0 Å². The monoisotopic (exact) mass is 381 g/mol. The van der Waals surface area contributed by atoms with Gasteiger partial charge in [-0.1, -0.05) is 47.1 Å². The van der Waals surface area contributed by atoms with Crippen LogP contribution >= 0.6 is 11.6 Å². The lowest BCUT2D eigenvalue weighted by atomic mass is 10.1. The topological polar surface area (TPSA) is 59.2 Å². The first-order valence-electron chi connectivity index (χ1n) is 8.97. The molecule has 1 fully saturated rings. The number of hydrogen-bond acceptors (Lipinski definition) is 4. The van der Waals surface area contributed by atoms with E-state index in [0.717, 1.165) is 11.1 Å². The number of carbonyl (C=O) groups excluding carboxylic acids is 1. The molecule has 0 N–H and O–H groups in total. The second-order valence-electron chi connectivity index (χ2n) is 6.92. The van der Waals surface area contributed by atoms with Crippen LogP contribution in [-0.4, -0.2) is 20.9 Å². The van der Waals surface area contributed by atoms with Gasteiger partial charge in [0.25, 0.3) is 0 Å². The molecule has 1 atom stereocenters. The van der Waals surface area contributed by atoms with Crippen molar-refractivity contribution in [2.24, 2.45) is 0 Å². The van der Waals surface area contributed by atoms with Gasteiger partial charge < -0.3 is 9.42 Å². The van der Waals surface area contributed by atoms with Gasteiger partial charge in [0.05, 0.1) is 0 Å². The molecule has 6 heteroatoms. The summed E-state index contributed by atoms with van der Waals surface area (Å²) in [6.07, 6.45) is 1.13. The summed E-state index contributed by atoms with van der Waals surface area (Å²) in [5.41, 5.74) is 4.22. The lowest BCUT2D eigenvalue weighted by Gasteiger charge is -2.22. The molecule has 2 heterocycles. The minimum atomic E-state index is -0.221. The van der Waals surface area contributed by atoms with E-state index in [-0.39, 0.29) is 11.9 Å². The molecule has 0 radical (unpaired) electrons.